The number of nitrogens with one attached hydrogen (secondary N) is 2. The van der Waals surface area contributed by atoms with E-state index in [0.29, 0.717) is 5.92 Å². The van der Waals surface area contributed by atoms with Crippen molar-refractivity contribution in [2.24, 2.45) is 0 Å². The first-order valence-electron chi connectivity index (χ1n) is 14.8. The predicted molar refractivity (Wildman–Crippen MR) is 172 cm³/mol. The van der Waals surface area contributed by atoms with Gasteiger partial charge in [-0.05, 0) is 98.6 Å². The maximum atomic E-state index is 6.61. The monoisotopic (exact) mass is 564 g/mol. The third kappa shape index (κ3) is 5.34. The fourth-order valence-corrected chi connectivity index (χ4v) is 5.91. The molecule has 1 aromatic heterocycles. The number of likely N-dealkylation sites (N-methyl/N-ethyl adjacent to an activating group) is 1. The number of piperidine rings is 1. The summed E-state index contributed by atoms with van der Waals surface area (Å²) in [5, 5.41) is 8.12. The number of benzene rings is 3. The third-order valence-electron chi connectivity index (χ3n) is 8.58. The molecule has 3 atom stereocenters. The Morgan fingerprint density at radius 2 is 2.07 bits per heavy atom. The van der Waals surface area contributed by atoms with Crippen LogP contribution in [0.3, 0.4) is 0 Å². The summed E-state index contributed by atoms with van der Waals surface area (Å²) in [6.07, 6.45) is 5.58. The Labute approximate surface area is 248 Å². The van der Waals surface area contributed by atoms with Crippen molar-refractivity contribution in [3.8, 4) is 17.2 Å². The average Bonchev–Trinajstić information content (AvgIpc) is 3.00. The molecule has 4 aromatic rings. The molecule has 3 heterocycles. The second-order valence-corrected chi connectivity index (χ2v) is 11.5. The predicted octanol–water partition coefficient (Wildman–Crippen LogP) is 7.44. The number of hydrogen-bond acceptors (Lipinski definition) is 8. The lowest BCUT2D eigenvalue weighted by Crippen LogP contribution is -2.53. The molecule has 0 aliphatic carbocycles. The molecule has 218 valence electrons. The molecule has 1 saturated heterocycles. The summed E-state index contributed by atoms with van der Waals surface area (Å²) < 4.78 is 13.0. The topological polar surface area (TPSA) is 74.8 Å². The molecule has 0 saturated carbocycles. The molecule has 3 unspecified atom stereocenters. The lowest BCUT2D eigenvalue weighted by molar-refractivity contribution is 0.0940. The molecule has 42 heavy (non-hydrogen) atoms. The van der Waals surface area contributed by atoms with Gasteiger partial charge in [0.25, 0.3) is 0 Å². The minimum Gasteiger partial charge on any atom is -0.485 e. The smallest absolute Gasteiger partial charge is 0.156 e. The van der Waals surface area contributed by atoms with Crippen LogP contribution in [0.1, 0.15) is 43.7 Å². The molecule has 0 amide bonds. The lowest BCUT2D eigenvalue weighted by Gasteiger charge is -2.41. The van der Waals surface area contributed by atoms with Gasteiger partial charge < -0.3 is 29.9 Å². The number of aryl methyl sites for hydroxylation is 1. The molecule has 8 heteroatoms. The fourth-order valence-electron chi connectivity index (χ4n) is 5.91. The Morgan fingerprint density at radius 3 is 2.86 bits per heavy atom. The Morgan fingerprint density at radius 1 is 1.21 bits per heavy atom. The van der Waals surface area contributed by atoms with Crippen LogP contribution in [0, 0.1) is 6.92 Å². The zero-order valence-electron chi connectivity index (χ0n) is 25.1. The van der Waals surface area contributed by atoms with Crippen LogP contribution >= 0.6 is 0 Å². The van der Waals surface area contributed by atoms with Crippen LogP contribution in [0.25, 0.3) is 10.9 Å². The first kappa shape index (κ1) is 27.8. The van der Waals surface area contributed by atoms with Crippen molar-refractivity contribution in [2.45, 2.75) is 51.7 Å². The molecule has 0 bridgehead atoms. The molecule has 8 nitrogen and oxygen atoms in total. The number of aromatic nitrogens is 2. The summed E-state index contributed by atoms with van der Waals surface area (Å²) in [6, 6.07) is 16.7. The molecule has 2 aliphatic rings. The zero-order chi connectivity index (χ0) is 29.4. The van der Waals surface area contributed by atoms with Crippen molar-refractivity contribution in [3.05, 3.63) is 78.8 Å². The summed E-state index contributed by atoms with van der Waals surface area (Å²) in [5.41, 5.74) is 6.16. The Hall–Kier alpha value is -4.30. The Bertz CT molecular complexity index is 1620. The van der Waals surface area contributed by atoms with Crippen LogP contribution in [0.2, 0.25) is 0 Å². The van der Waals surface area contributed by atoms with Crippen LogP contribution in [0.15, 0.2) is 67.6 Å². The van der Waals surface area contributed by atoms with Gasteiger partial charge in [0, 0.05) is 31.5 Å². The van der Waals surface area contributed by atoms with Gasteiger partial charge in [-0.25, -0.2) is 9.97 Å². The van der Waals surface area contributed by atoms with Crippen molar-refractivity contribution < 1.29 is 9.47 Å². The summed E-state index contributed by atoms with van der Waals surface area (Å²) in [5.74, 6) is 3.57. The maximum Gasteiger partial charge on any atom is 0.156 e. The second kappa shape index (κ2) is 11.5. The van der Waals surface area contributed by atoms with E-state index >= 15 is 0 Å². The molecule has 2 N–H and O–H groups in total. The summed E-state index contributed by atoms with van der Waals surface area (Å²) in [4.78, 5) is 13.6. The number of rotatable bonds is 8. The van der Waals surface area contributed by atoms with E-state index in [-0.39, 0.29) is 12.1 Å². The van der Waals surface area contributed by atoms with Crippen molar-refractivity contribution in [1.29, 1.82) is 0 Å². The largest absolute Gasteiger partial charge is 0.485 e. The van der Waals surface area contributed by atoms with E-state index in [9.17, 15) is 0 Å². The standard InChI is InChI=1S/C34H40N6O2/c1-7-21(3)25-18-24(10-13-29(25)40(6)8-2)41-30-14-9-23(17-22(30)4)37-34-32-26(35-20-36-34)11-12-27-33(32)42-31-15-16-39(5)19-28(31)38-27/h8-14,17-18,20-21,28,31,38H,2,7,15-16,19H2,1,3-6H3,(H,35,36,37). The maximum absolute atomic E-state index is 6.61. The van der Waals surface area contributed by atoms with Crippen LogP contribution in [-0.2, 0) is 0 Å². The molecular formula is C34H40N6O2. The zero-order valence-corrected chi connectivity index (χ0v) is 25.1. The molecule has 3 aromatic carbocycles. The lowest BCUT2D eigenvalue weighted by atomic mass is 9.96. The van der Waals surface area contributed by atoms with Crippen molar-refractivity contribution in [2.75, 3.05) is 42.7 Å². The average molecular weight is 565 g/mol. The van der Waals surface area contributed by atoms with Crippen LogP contribution < -0.4 is 25.0 Å². The molecule has 1 fully saturated rings. The summed E-state index contributed by atoms with van der Waals surface area (Å²) >= 11 is 0. The number of likely N-dealkylation sites (tertiary alicyclic amines) is 1. The van der Waals surface area contributed by atoms with Gasteiger partial charge in [0.1, 0.15) is 29.7 Å². The quantitative estimate of drug-likeness (QED) is 0.229. The molecule has 6 rings (SSSR count). The van der Waals surface area contributed by atoms with E-state index in [1.807, 2.05) is 37.5 Å². The SMILES string of the molecule is C=CN(C)c1ccc(Oc2ccc(Nc3ncnc4ccc5c(c34)OC3CCN(C)CC3N5)cc2C)cc1C(C)CC. The molecule has 0 radical (unpaired) electrons. The van der Waals surface area contributed by atoms with Crippen molar-refractivity contribution >= 4 is 33.8 Å². The van der Waals surface area contributed by atoms with Gasteiger partial charge in [-0.15, -0.1) is 0 Å². The second-order valence-electron chi connectivity index (χ2n) is 11.5. The number of ether oxygens (including phenoxy) is 2. The highest BCUT2D eigenvalue weighted by Gasteiger charge is 2.35. The van der Waals surface area contributed by atoms with Crippen molar-refractivity contribution in [1.82, 2.24) is 14.9 Å². The number of fused-ring (bicyclic) bond motifs is 4. The Balaban J connectivity index is 1.26. The summed E-state index contributed by atoms with van der Waals surface area (Å²) in [6.45, 7) is 12.4. The molecule has 0 spiro atoms. The first-order valence-corrected chi connectivity index (χ1v) is 14.8. The number of anilines is 4. The van der Waals surface area contributed by atoms with Crippen LogP contribution in [0.5, 0.6) is 17.2 Å². The summed E-state index contributed by atoms with van der Waals surface area (Å²) in [7, 11) is 4.18. The van der Waals surface area contributed by atoms with Gasteiger partial charge in [-0.3, -0.25) is 0 Å². The fraction of sp³-hybridized carbons (Fsp3) is 0.353. The minimum atomic E-state index is 0.123. The highest BCUT2D eigenvalue weighted by atomic mass is 16.5. The van der Waals surface area contributed by atoms with Gasteiger partial charge in [0.2, 0.25) is 0 Å². The van der Waals surface area contributed by atoms with E-state index in [2.05, 4.69) is 89.1 Å². The van der Waals surface area contributed by atoms with Gasteiger partial charge in [-0.2, -0.15) is 0 Å². The van der Waals surface area contributed by atoms with Gasteiger partial charge in [0.05, 0.1) is 22.6 Å². The van der Waals surface area contributed by atoms with Gasteiger partial charge in [-0.1, -0.05) is 20.4 Å². The normalized spacial score (nSPS) is 18.7. The van der Waals surface area contributed by atoms with Crippen molar-refractivity contribution in [3.63, 3.8) is 0 Å². The highest BCUT2D eigenvalue weighted by Crippen LogP contribution is 2.43. The van der Waals surface area contributed by atoms with E-state index in [4.69, 9.17) is 9.47 Å². The highest BCUT2D eigenvalue weighted by molar-refractivity contribution is 6.00. The third-order valence-corrected chi connectivity index (χ3v) is 8.58. The number of nitrogens with zero attached hydrogens (tertiary/aromatic N) is 4. The molecule has 2 aliphatic heterocycles. The van der Waals surface area contributed by atoms with Crippen LogP contribution in [0.4, 0.5) is 22.9 Å². The van der Waals surface area contributed by atoms with Crippen LogP contribution in [-0.4, -0.2) is 54.2 Å². The van der Waals surface area contributed by atoms with E-state index < -0.39 is 0 Å². The van der Waals surface area contributed by atoms with E-state index in [0.717, 1.165) is 82.5 Å². The van der Waals surface area contributed by atoms with E-state index in [1.165, 1.54) is 5.56 Å². The molecular weight excluding hydrogens is 524 g/mol. The Kier molecular flexibility index (Phi) is 7.64. The number of hydrogen-bond donors (Lipinski definition) is 2. The van der Waals surface area contributed by atoms with E-state index in [1.54, 1.807) is 6.33 Å². The van der Waals surface area contributed by atoms with Gasteiger partial charge >= 0.3 is 0 Å². The first-order chi connectivity index (χ1) is 20.3. The minimum absolute atomic E-state index is 0.123. The van der Waals surface area contributed by atoms with Gasteiger partial charge in [0.15, 0.2) is 5.75 Å².